The number of nitrogens with zero attached hydrogens (tertiary/aromatic N) is 3. The molecule has 0 saturated carbocycles. The minimum atomic E-state index is -0.354. The van der Waals surface area contributed by atoms with Crippen LogP contribution in [0.1, 0.15) is 0 Å². The third-order valence-electron chi connectivity index (χ3n) is 4.25. The molecule has 3 aromatic carbocycles. The van der Waals surface area contributed by atoms with Crippen molar-refractivity contribution >= 4 is 29.0 Å². The minimum Gasteiger partial charge on any atom is -0.399 e. The molecule has 0 radical (unpaired) electrons. The van der Waals surface area contributed by atoms with Crippen LogP contribution in [0.4, 0.5) is 15.8 Å². The van der Waals surface area contributed by atoms with E-state index in [4.69, 9.17) is 5.73 Å². The Hall–Kier alpha value is -3.65. The lowest BCUT2D eigenvalue weighted by molar-refractivity contribution is -0.113. The lowest BCUT2D eigenvalue weighted by atomic mass is 10.2. The number of carbonyl (C=O) groups excluding carboxylic acids is 1. The highest BCUT2D eigenvalue weighted by Crippen LogP contribution is 2.28. The van der Waals surface area contributed by atoms with E-state index < -0.39 is 0 Å². The fraction of sp³-hybridized carbons (Fsp3) is 0.0455. The molecule has 0 aliphatic heterocycles. The van der Waals surface area contributed by atoms with Crippen LogP contribution in [0.3, 0.4) is 0 Å². The highest BCUT2D eigenvalue weighted by molar-refractivity contribution is 7.99. The van der Waals surface area contributed by atoms with E-state index in [0.29, 0.717) is 22.4 Å². The molecule has 8 heteroatoms. The van der Waals surface area contributed by atoms with E-state index in [1.807, 2.05) is 59.2 Å². The van der Waals surface area contributed by atoms with Gasteiger partial charge in [-0.1, -0.05) is 42.1 Å². The third-order valence-corrected chi connectivity index (χ3v) is 5.18. The molecule has 0 atom stereocenters. The fourth-order valence-electron chi connectivity index (χ4n) is 2.90. The van der Waals surface area contributed by atoms with E-state index in [2.05, 4.69) is 15.5 Å². The van der Waals surface area contributed by atoms with Crippen LogP contribution in [0, 0.1) is 5.82 Å². The van der Waals surface area contributed by atoms with Gasteiger partial charge in [-0.25, -0.2) is 4.39 Å². The van der Waals surface area contributed by atoms with E-state index in [0.717, 1.165) is 11.3 Å². The number of nitrogens with two attached hydrogens (primary N) is 1. The van der Waals surface area contributed by atoms with Crippen molar-refractivity contribution in [1.82, 2.24) is 14.8 Å². The summed E-state index contributed by atoms with van der Waals surface area (Å²) in [5, 5.41) is 12.0. The van der Waals surface area contributed by atoms with Crippen LogP contribution in [0.15, 0.2) is 84.0 Å². The molecule has 0 unspecified atom stereocenters. The Morgan fingerprint density at radius 2 is 1.77 bits per heavy atom. The summed E-state index contributed by atoms with van der Waals surface area (Å²) >= 11 is 1.26. The minimum absolute atomic E-state index is 0.124. The lowest BCUT2D eigenvalue weighted by Gasteiger charge is -2.11. The van der Waals surface area contributed by atoms with E-state index in [-0.39, 0.29) is 17.5 Å². The average molecular weight is 419 g/mol. The van der Waals surface area contributed by atoms with Gasteiger partial charge in [0.25, 0.3) is 0 Å². The van der Waals surface area contributed by atoms with Crippen molar-refractivity contribution in [2.24, 2.45) is 0 Å². The summed E-state index contributed by atoms with van der Waals surface area (Å²) in [6.45, 7) is 0. The zero-order valence-corrected chi connectivity index (χ0v) is 16.6. The first kappa shape index (κ1) is 19.7. The predicted octanol–water partition coefficient (Wildman–Crippen LogP) is 4.39. The molecule has 0 aliphatic carbocycles. The quantitative estimate of drug-likeness (QED) is 0.358. The molecule has 1 amide bonds. The molecule has 1 aromatic heterocycles. The van der Waals surface area contributed by atoms with Gasteiger partial charge in [0.2, 0.25) is 5.91 Å². The number of amides is 1. The van der Waals surface area contributed by atoms with Gasteiger partial charge in [-0.05, 0) is 48.5 Å². The monoisotopic (exact) mass is 419 g/mol. The van der Waals surface area contributed by atoms with E-state index in [1.165, 1.54) is 36.0 Å². The molecule has 0 aliphatic rings. The Morgan fingerprint density at radius 1 is 1.00 bits per heavy atom. The maximum atomic E-state index is 13.0. The predicted molar refractivity (Wildman–Crippen MR) is 117 cm³/mol. The van der Waals surface area contributed by atoms with Crippen molar-refractivity contribution in [2.45, 2.75) is 5.16 Å². The summed E-state index contributed by atoms with van der Waals surface area (Å²) in [5.74, 6) is 0.182. The maximum absolute atomic E-state index is 13.0. The molecule has 0 bridgehead atoms. The second-order valence-corrected chi connectivity index (χ2v) is 7.39. The molecule has 6 nitrogen and oxygen atoms in total. The van der Waals surface area contributed by atoms with Crippen LogP contribution < -0.4 is 11.1 Å². The first-order chi connectivity index (χ1) is 14.6. The SMILES string of the molecule is Nc1cccc(-c2nnc(SCC(=O)Nc3ccc(F)cc3)n2-c2ccccc2)c1. The van der Waals surface area contributed by atoms with E-state index in [1.54, 1.807) is 0 Å². The molecule has 0 saturated heterocycles. The molecule has 3 N–H and O–H groups in total. The first-order valence-corrected chi connectivity index (χ1v) is 10.1. The lowest BCUT2D eigenvalue weighted by Crippen LogP contribution is -2.14. The van der Waals surface area contributed by atoms with Gasteiger partial charge in [-0.3, -0.25) is 9.36 Å². The number of para-hydroxylation sites is 1. The first-order valence-electron chi connectivity index (χ1n) is 9.15. The van der Waals surface area contributed by atoms with Gasteiger partial charge in [0.1, 0.15) is 5.82 Å². The molecule has 1 heterocycles. The maximum Gasteiger partial charge on any atom is 0.234 e. The summed E-state index contributed by atoms with van der Waals surface area (Å²) < 4.78 is 14.9. The molecule has 150 valence electrons. The van der Waals surface area contributed by atoms with Crippen molar-refractivity contribution in [2.75, 3.05) is 16.8 Å². The van der Waals surface area contributed by atoms with Crippen molar-refractivity contribution in [3.05, 3.63) is 84.7 Å². The smallest absolute Gasteiger partial charge is 0.234 e. The Morgan fingerprint density at radius 3 is 2.50 bits per heavy atom. The molecular formula is C22H18FN5OS. The van der Waals surface area contributed by atoms with E-state index in [9.17, 15) is 9.18 Å². The Labute approximate surface area is 176 Å². The average Bonchev–Trinajstić information content (AvgIpc) is 3.19. The van der Waals surface area contributed by atoms with E-state index >= 15 is 0 Å². The number of nitrogens with one attached hydrogen (secondary N) is 1. The van der Waals surface area contributed by atoms with Crippen LogP contribution in [0.5, 0.6) is 0 Å². The summed E-state index contributed by atoms with van der Waals surface area (Å²) in [5.41, 5.74) is 8.80. The summed E-state index contributed by atoms with van der Waals surface area (Å²) in [6.07, 6.45) is 0. The van der Waals surface area contributed by atoms with Gasteiger partial charge in [0, 0.05) is 22.6 Å². The van der Waals surface area contributed by atoms with Crippen LogP contribution in [0.2, 0.25) is 0 Å². The number of benzene rings is 3. The van der Waals surface area contributed by atoms with Crippen LogP contribution in [0.25, 0.3) is 17.1 Å². The van der Waals surface area contributed by atoms with Gasteiger partial charge < -0.3 is 11.1 Å². The normalized spacial score (nSPS) is 10.7. The largest absolute Gasteiger partial charge is 0.399 e. The van der Waals surface area contributed by atoms with Crippen molar-refractivity contribution in [1.29, 1.82) is 0 Å². The number of rotatable bonds is 6. The number of hydrogen-bond acceptors (Lipinski definition) is 5. The number of aromatic nitrogens is 3. The molecule has 4 aromatic rings. The van der Waals surface area contributed by atoms with Gasteiger partial charge in [0.15, 0.2) is 11.0 Å². The molecule has 0 spiro atoms. The second kappa shape index (κ2) is 8.79. The number of hydrogen-bond donors (Lipinski definition) is 2. The van der Waals surface area contributed by atoms with Gasteiger partial charge >= 0.3 is 0 Å². The van der Waals surface area contributed by atoms with Crippen molar-refractivity contribution in [3.63, 3.8) is 0 Å². The van der Waals surface area contributed by atoms with Gasteiger partial charge in [-0.15, -0.1) is 10.2 Å². The van der Waals surface area contributed by atoms with Gasteiger partial charge in [-0.2, -0.15) is 0 Å². The molecular weight excluding hydrogens is 401 g/mol. The third kappa shape index (κ3) is 4.49. The zero-order chi connectivity index (χ0) is 20.9. The summed E-state index contributed by atoms with van der Waals surface area (Å²) in [6, 6.07) is 22.7. The summed E-state index contributed by atoms with van der Waals surface area (Å²) in [4.78, 5) is 12.3. The van der Waals surface area contributed by atoms with Crippen LogP contribution >= 0.6 is 11.8 Å². The number of halogens is 1. The number of thioether (sulfide) groups is 1. The highest BCUT2D eigenvalue weighted by Gasteiger charge is 2.17. The molecule has 4 rings (SSSR count). The fourth-order valence-corrected chi connectivity index (χ4v) is 3.65. The Kier molecular flexibility index (Phi) is 5.76. The summed E-state index contributed by atoms with van der Waals surface area (Å²) in [7, 11) is 0. The van der Waals surface area contributed by atoms with Crippen molar-refractivity contribution < 1.29 is 9.18 Å². The number of carbonyl (C=O) groups is 1. The van der Waals surface area contributed by atoms with Crippen LogP contribution in [-0.2, 0) is 4.79 Å². The number of nitrogen functional groups attached to an aromatic ring is 1. The van der Waals surface area contributed by atoms with Crippen molar-refractivity contribution in [3.8, 4) is 17.1 Å². The zero-order valence-electron chi connectivity index (χ0n) is 15.8. The van der Waals surface area contributed by atoms with Gasteiger partial charge in [0.05, 0.1) is 5.75 Å². The topological polar surface area (TPSA) is 85.8 Å². The molecule has 0 fully saturated rings. The second-order valence-electron chi connectivity index (χ2n) is 6.45. The Balaban J connectivity index is 1.58. The molecule has 30 heavy (non-hydrogen) atoms. The number of anilines is 2. The van der Waals surface area contributed by atoms with Crippen LogP contribution in [-0.4, -0.2) is 26.4 Å². The standard InChI is InChI=1S/C22H18FN5OS/c23-16-9-11-18(12-10-16)25-20(29)14-30-22-27-26-21(15-5-4-6-17(24)13-15)28(22)19-7-2-1-3-8-19/h1-13H,14,24H2,(H,25,29). The highest BCUT2D eigenvalue weighted by atomic mass is 32.2. The Bertz CT molecular complexity index is 1160.